The second kappa shape index (κ2) is 4.31. The Morgan fingerprint density at radius 1 is 1.19 bits per heavy atom. The highest BCUT2D eigenvalue weighted by Gasteiger charge is 2.17. The van der Waals surface area contributed by atoms with Crippen LogP contribution in [-0.2, 0) is 4.74 Å². The molecule has 6 heteroatoms. The van der Waals surface area contributed by atoms with Crippen LogP contribution in [0.15, 0.2) is 34.7 Å². The predicted octanol–water partition coefficient (Wildman–Crippen LogP) is 2.94. The van der Waals surface area contributed by atoms with E-state index in [0.717, 1.165) is 22.3 Å². The van der Waals surface area contributed by atoms with E-state index in [1.165, 1.54) is 7.11 Å². The average Bonchev–Trinajstić information content (AvgIpc) is 3.20. The Morgan fingerprint density at radius 2 is 2.00 bits per heavy atom. The zero-order valence-electron chi connectivity index (χ0n) is 11.1. The Kier molecular flexibility index (Phi) is 2.44. The number of furan rings is 1. The van der Waals surface area contributed by atoms with Crippen LogP contribution in [0, 0.1) is 0 Å². The van der Waals surface area contributed by atoms with Gasteiger partial charge < -0.3 is 23.6 Å². The summed E-state index contributed by atoms with van der Waals surface area (Å²) in [6.45, 7) is 0.246. The number of aromatic amines is 1. The van der Waals surface area contributed by atoms with Gasteiger partial charge in [-0.15, -0.1) is 0 Å². The third-order valence-electron chi connectivity index (χ3n) is 3.37. The van der Waals surface area contributed by atoms with Gasteiger partial charge in [0.15, 0.2) is 17.3 Å². The molecule has 0 saturated heterocycles. The molecule has 0 aliphatic carbocycles. The normalized spacial score (nSPS) is 12.8. The fraction of sp³-hybridized carbons (Fsp3) is 0.133. The number of nitrogens with one attached hydrogen (secondary N) is 1. The molecule has 21 heavy (non-hydrogen) atoms. The quantitative estimate of drug-likeness (QED) is 0.733. The summed E-state index contributed by atoms with van der Waals surface area (Å²) < 4.78 is 20.8. The van der Waals surface area contributed by atoms with E-state index in [0.29, 0.717) is 11.5 Å². The van der Waals surface area contributed by atoms with Crippen molar-refractivity contribution in [3.63, 3.8) is 0 Å². The van der Waals surface area contributed by atoms with Crippen LogP contribution in [0.2, 0.25) is 0 Å². The summed E-state index contributed by atoms with van der Waals surface area (Å²) in [6.07, 6.45) is 0. The molecule has 106 valence electrons. The smallest absolute Gasteiger partial charge is 0.373 e. The maximum absolute atomic E-state index is 11.4. The summed E-state index contributed by atoms with van der Waals surface area (Å²) in [7, 11) is 1.31. The van der Waals surface area contributed by atoms with Gasteiger partial charge in [0.25, 0.3) is 0 Å². The number of hydrogen-bond donors (Lipinski definition) is 1. The van der Waals surface area contributed by atoms with Crippen LogP contribution in [0.3, 0.4) is 0 Å². The van der Waals surface area contributed by atoms with Crippen molar-refractivity contribution < 1.29 is 23.4 Å². The number of carbonyl (C=O) groups is 1. The largest absolute Gasteiger partial charge is 0.463 e. The molecule has 0 amide bonds. The van der Waals surface area contributed by atoms with Gasteiger partial charge in [-0.3, -0.25) is 0 Å². The number of aromatic nitrogens is 1. The Morgan fingerprint density at radius 3 is 2.81 bits per heavy atom. The lowest BCUT2D eigenvalue weighted by atomic mass is 10.2. The first-order valence-electron chi connectivity index (χ1n) is 6.35. The number of rotatable bonds is 2. The van der Waals surface area contributed by atoms with Gasteiger partial charge in [-0.2, -0.15) is 0 Å². The summed E-state index contributed by atoms with van der Waals surface area (Å²) in [5.74, 6) is 1.67. The first kappa shape index (κ1) is 11.9. The van der Waals surface area contributed by atoms with Gasteiger partial charge in [-0.25, -0.2) is 4.79 Å². The van der Waals surface area contributed by atoms with E-state index < -0.39 is 5.97 Å². The highest BCUT2D eigenvalue weighted by atomic mass is 16.7. The molecule has 0 bridgehead atoms. The zero-order valence-corrected chi connectivity index (χ0v) is 11.1. The molecule has 0 fully saturated rings. The van der Waals surface area contributed by atoms with E-state index in [-0.39, 0.29) is 12.6 Å². The molecule has 1 N–H and O–H groups in total. The van der Waals surface area contributed by atoms with E-state index >= 15 is 0 Å². The van der Waals surface area contributed by atoms with Crippen molar-refractivity contribution in [3.05, 3.63) is 36.1 Å². The average molecular weight is 285 g/mol. The summed E-state index contributed by atoms with van der Waals surface area (Å²) in [5, 5.41) is 0.977. The van der Waals surface area contributed by atoms with Crippen LogP contribution in [-0.4, -0.2) is 24.9 Å². The second-order valence-electron chi connectivity index (χ2n) is 4.63. The summed E-state index contributed by atoms with van der Waals surface area (Å²) >= 11 is 0. The van der Waals surface area contributed by atoms with Gasteiger partial charge in [0.05, 0.1) is 12.8 Å². The lowest BCUT2D eigenvalue weighted by Gasteiger charge is -1.95. The van der Waals surface area contributed by atoms with Crippen molar-refractivity contribution in [1.29, 1.82) is 0 Å². The molecule has 2 aromatic heterocycles. The van der Waals surface area contributed by atoms with E-state index in [1.54, 1.807) is 12.1 Å². The highest BCUT2D eigenvalue weighted by Crippen LogP contribution is 2.37. The molecular weight excluding hydrogens is 274 g/mol. The van der Waals surface area contributed by atoms with E-state index in [4.69, 9.17) is 13.9 Å². The minimum Gasteiger partial charge on any atom is -0.463 e. The van der Waals surface area contributed by atoms with Crippen molar-refractivity contribution in [1.82, 2.24) is 4.98 Å². The molecule has 1 aliphatic rings. The molecule has 3 heterocycles. The first-order chi connectivity index (χ1) is 10.2. The van der Waals surface area contributed by atoms with Crippen LogP contribution in [0.1, 0.15) is 10.6 Å². The molecule has 0 radical (unpaired) electrons. The van der Waals surface area contributed by atoms with Gasteiger partial charge in [-0.05, 0) is 24.3 Å². The topological polar surface area (TPSA) is 73.7 Å². The van der Waals surface area contributed by atoms with Gasteiger partial charge in [0, 0.05) is 17.0 Å². The van der Waals surface area contributed by atoms with Gasteiger partial charge in [0.2, 0.25) is 12.6 Å². The van der Waals surface area contributed by atoms with Crippen LogP contribution < -0.4 is 9.47 Å². The second-order valence-corrected chi connectivity index (χ2v) is 4.63. The number of esters is 1. The Balaban J connectivity index is 1.77. The van der Waals surface area contributed by atoms with Crippen LogP contribution >= 0.6 is 0 Å². The molecule has 0 atom stereocenters. The lowest BCUT2D eigenvalue weighted by Crippen LogP contribution is -1.98. The fourth-order valence-electron chi connectivity index (χ4n) is 2.35. The predicted molar refractivity (Wildman–Crippen MR) is 73.5 cm³/mol. The zero-order chi connectivity index (χ0) is 14.4. The summed E-state index contributed by atoms with van der Waals surface area (Å²) in [6, 6.07) is 9.01. The summed E-state index contributed by atoms with van der Waals surface area (Å²) in [5.41, 5.74) is 1.68. The minimum atomic E-state index is -0.502. The Labute approximate surface area is 119 Å². The van der Waals surface area contributed by atoms with Crippen molar-refractivity contribution in [2.45, 2.75) is 0 Å². The van der Waals surface area contributed by atoms with Crippen molar-refractivity contribution in [2.75, 3.05) is 13.9 Å². The van der Waals surface area contributed by atoms with Crippen molar-refractivity contribution >= 4 is 16.9 Å². The van der Waals surface area contributed by atoms with Gasteiger partial charge >= 0.3 is 5.97 Å². The number of carbonyl (C=O) groups excluding carboxylic acids is 1. The van der Waals surface area contributed by atoms with Crippen molar-refractivity contribution in [2.24, 2.45) is 0 Å². The molecule has 0 saturated carbocycles. The Bertz CT molecular complexity index is 804. The molecule has 3 aromatic rings. The third-order valence-corrected chi connectivity index (χ3v) is 3.37. The number of H-pyrrole nitrogens is 1. The minimum absolute atomic E-state index is 0.167. The summed E-state index contributed by atoms with van der Waals surface area (Å²) in [4.78, 5) is 14.6. The number of fused-ring (bicyclic) bond motifs is 2. The lowest BCUT2D eigenvalue weighted by molar-refractivity contribution is 0.0566. The van der Waals surface area contributed by atoms with Crippen molar-refractivity contribution in [3.8, 4) is 23.0 Å². The number of hydrogen-bond acceptors (Lipinski definition) is 5. The standard InChI is InChI=1S/C15H11NO5/c1-18-15(17)12-3-2-11(21-12)10-4-8-5-13-14(20-7-19-13)6-9(8)16-10/h2-6,16H,7H2,1H3. The highest BCUT2D eigenvalue weighted by molar-refractivity contribution is 5.89. The molecule has 1 aromatic carbocycles. The number of benzene rings is 1. The molecule has 1 aliphatic heterocycles. The molecule has 0 unspecified atom stereocenters. The Hall–Kier alpha value is -2.89. The molecular formula is C15H11NO5. The number of ether oxygens (including phenoxy) is 3. The molecule has 4 rings (SSSR count). The van der Waals surface area contributed by atoms with Crippen LogP contribution in [0.4, 0.5) is 0 Å². The monoisotopic (exact) mass is 285 g/mol. The van der Waals surface area contributed by atoms with E-state index in [1.807, 2.05) is 18.2 Å². The van der Waals surface area contributed by atoms with Gasteiger partial charge in [0.1, 0.15) is 0 Å². The fourth-order valence-corrected chi connectivity index (χ4v) is 2.35. The molecule has 0 spiro atoms. The van der Waals surface area contributed by atoms with Gasteiger partial charge in [-0.1, -0.05) is 0 Å². The third kappa shape index (κ3) is 1.84. The van der Waals surface area contributed by atoms with Crippen LogP contribution in [0.25, 0.3) is 22.4 Å². The number of methoxy groups -OCH3 is 1. The van der Waals surface area contributed by atoms with Crippen LogP contribution in [0.5, 0.6) is 11.5 Å². The van der Waals surface area contributed by atoms with E-state index in [9.17, 15) is 4.79 Å². The molecule has 6 nitrogen and oxygen atoms in total. The SMILES string of the molecule is COC(=O)c1ccc(-c2cc3cc4c(cc3[nH]2)OCO4)o1. The van der Waals surface area contributed by atoms with E-state index in [2.05, 4.69) is 9.72 Å². The maximum Gasteiger partial charge on any atom is 0.373 e. The maximum atomic E-state index is 11.4. The first-order valence-corrected chi connectivity index (χ1v) is 6.35.